The molecule has 0 N–H and O–H groups in total. The minimum Gasteiger partial charge on any atom is -0.337 e. The normalized spacial score (nSPS) is 18.0. The molecule has 2 aromatic rings. The predicted molar refractivity (Wildman–Crippen MR) is 86.5 cm³/mol. The minimum atomic E-state index is -0.493. The number of benzene rings is 1. The molecule has 6 heteroatoms. The molecule has 0 saturated carbocycles. The molecule has 1 aliphatic rings. The van der Waals surface area contributed by atoms with Crippen LogP contribution < -0.4 is 0 Å². The molecular formula is C18H21F2N3O. The lowest BCUT2D eigenvalue weighted by molar-refractivity contribution is 0.0661. The van der Waals surface area contributed by atoms with Crippen LogP contribution >= 0.6 is 0 Å². The van der Waals surface area contributed by atoms with Crippen molar-refractivity contribution >= 4 is 5.91 Å². The number of hydrogen-bond acceptors (Lipinski definition) is 2. The molecule has 1 aromatic carbocycles. The molecule has 1 fully saturated rings. The number of carbonyl (C=O) groups is 1. The van der Waals surface area contributed by atoms with Gasteiger partial charge in [-0.1, -0.05) is 6.07 Å². The smallest absolute Gasteiger partial charge is 0.274 e. The fraction of sp³-hybridized carbons (Fsp3) is 0.444. The van der Waals surface area contributed by atoms with Crippen LogP contribution in [0, 0.1) is 17.6 Å². The Morgan fingerprint density at radius 3 is 2.71 bits per heavy atom. The average Bonchev–Trinajstić information content (AvgIpc) is 3.00. The van der Waals surface area contributed by atoms with E-state index in [2.05, 4.69) is 5.10 Å². The summed E-state index contributed by atoms with van der Waals surface area (Å²) in [5.74, 6) is -0.803. The molecule has 1 aliphatic heterocycles. The van der Waals surface area contributed by atoms with Crippen LogP contribution in [0.15, 0.2) is 30.5 Å². The maximum atomic E-state index is 13.7. The summed E-state index contributed by atoms with van der Waals surface area (Å²) in [7, 11) is 1.78. The number of aryl methyl sites for hydroxylation is 1. The lowest BCUT2D eigenvalue weighted by Crippen LogP contribution is -2.40. The van der Waals surface area contributed by atoms with Crippen LogP contribution in [0.2, 0.25) is 0 Å². The number of nitrogens with zero attached hydrogens (tertiary/aromatic N) is 3. The molecule has 1 atom stereocenters. The molecule has 128 valence electrons. The topological polar surface area (TPSA) is 38.1 Å². The first-order valence-corrected chi connectivity index (χ1v) is 8.26. The van der Waals surface area contributed by atoms with E-state index in [1.165, 1.54) is 18.2 Å². The van der Waals surface area contributed by atoms with Gasteiger partial charge in [-0.2, -0.15) is 5.10 Å². The number of rotatable bonds is 4. The zero-order valence-electron chi connectivity index (χ0n) is 13.7. The van der Waals surface area contributed by atoms with E-state index in [1.807, 2.05) is 0 Å². The van der Waals surface area contributed by atoms with Crippen LogP contribution in [0.25, 0.3) is 0 Å². The molecule has 1 aromatic heterocycles. The van der Waals surface area contributed by atoms with Crippen LogP contribution in [0.3, 0.4) is 0 Å². The molecule has 0 unspecified atom stereocenters. The first-order valence-electron chi connectivity index (χ1n) is 8.26. The highest BCUT2D eigenvalue weighted by molar-refractivity contribution is 5.92. The Kier molecular flexibility index (Phi) is 4.92. The SMILES string of the molecule is Cn1ccc(C(=O)N2CCC[C@@H](CCc3c(F)cccc3F)C2)n1. The molecule has 1 amide bonds. The monoisotopic (exact) mass is 333 g/mol. The van der Waals surface area contributed by atoms with Crippen molar-refractivity contribution in [1.29, 1.82) is 0 Å². The Balaban J connectivity index is 1.60. The summed E-state index contributed by atoms with van der Waals surface area (Å²) in [5.41, 5.74) is 0.587. The Labute approximate surface area is 140 Å². The first-order chi connectivity index (χ1) is 11.5. The summed E-state index contributed by atoms with van der Waals surface area (Å²) in [6.07, 6.45) is 4.65. The molecule has 4 nitrogen and oxygen atoms in total. The second-order valence-electron chi connectivity index (χ2n) is 6.37. The van der Waals surface area contributed by atoms with Gasteiger partial charge in [0.05, 0.1) is 0 Å². The highest BCUT2D eigenvalue weighted by Gasteiger charge is 2.26. The van der Waals surface area contributed by atoms with Gasteiger partial charge in [0.1, 0.15) is 17.3 Å². The Hall–Kier alpha value is -2.24. The molecule has 1 saturated heterocycles. The summed E-state index contributed by atoms with van der Waals surface area (Å²) in [5, 5.41) is 4.15. The lowest BCUT2D eigenvalue weighted by Gasteiger charge is -2.32. The van der Waals surface area contributed by atoms with Gasteiger partial charge in [0, 0.05) is 31.9 Å². The first kappa shape index (κ1) is 16.6. The van der Waals surface area contributed by atoms with Crippen molar-refractivity contribution in [2.24, 2.45) is 13.0 Å². The maximum Gasteiger partial charge on any atom is 0.274 e. The number of carbonyl (C=O) groups excluding carboxylic acids is 1. The lowest BCUT2D eigenvalue weighted by atomic mass is 9.91. The third-order valence-electron chi connectivity index (χ3n) is 4.60. The third kappa shape index (κ3) is 3.63. The number of amides is 1. The van der Waals surface area contributed by atoms with Crippen molar-refractivity contribution in [3.05, 3.63) is 53.4 Å². The third-order valence-corrected chi connectivity index (χ3v) is 4.60. The van der Waals surface area contributed by atoms with Crippen molar-refractivity contribution in [3.8, 4) is 0 Å². The Bertz CT molecular complexity index is 709. The van der Waals surface area contributed by atoms with Crippen LogP contribution in [0.1, 0.15) is 35.3 Å². The fourth-order valence-corrected chi connectivity index (χ4v) is 3.30. The molecule has 3 rings (SSSR count). The summed E-state index contributed by atoms with van der Waals surface area (Å²) >= 11 is 0. The standard InChI is InChI=1S/C18H21F2N3O/c1-22-11-9-17(21-22)18(24)23-10-3-4-13(12-23)7-8-14-15(19)5-2-6-16(14)20/h2,5-6,9,11,13H,3-4,7-8,10,12H2,1H3/t13-/m0/s1. The zero-order valence-corrected chi connectivity index (χ0v) is 13.7. The summed E-state index contributed by atoms with van der Waals surface area (Å²) < 4.78 is 29.0. The highest BCUT2D eigenvalue weighted by atomic mass is 19.1. The van der Waals surface area contributed by atoms with Gasteiger partial charge >= 0.3 is 0 Å². The van der Waals surface area contributed by atoms with Crippen LogP contribution in [-0.2, 0) is 13.5 Å². The van der Waals surface area contributed by atoms with E-state index in [0.29, 0.717) is 31.6 Å². The molecule has 0 aliphatic carbocycles. The molecule has 0 spiro atoms. The maximum absolute atomic E-state index is 13.7. The van der Waals surface area contributed by atoms with Gasteiger partial charge in [-0.05, 0) is 49.8 Å². The van der Waals surface area contributed by atoms with E-state index in [9.17, 15) is 13.6 Å². The minimum absolute atomic E-state index is 0.0719. The van der Waals surface area contributed by atoms with Gasteiger partial charge in [0.15, 0.2) is 0 Å². The number of aromatic nitrogens is 2. The van der Waals surface area contributed by atoms with Gasteiger partial charge < -0.3 is 4.90 Å². The molecular weight excluding hydrogens is 312 g/mol. The van der Waals surface area contributed by atoms with E-state index >= 15 is 0 Å². The summed E-state index contributed by atoms with van der Waals surface area (Å²) in [6.45, 7) is 1.32. The van der Waals surface area contributed by atoms with Crippen molar-refractivity contribution < 1.29 is 13.6 Å². The van der Waals surface area contributed by atoms with Gasteiger partial charge in [-0.15, -0.1) is 0 Å². The average molecular weight is 333 g/mol. The number of likely N-dealkylation sites (tertiary alicyclic amines) is 1. The van der Waals surface area contributed by atoms with Gasteiger partial charge in [0.2, 0.25) is 0 Å². The van der Waals surface area contributed by atoms with E-state index in [4.69, 9.17) is 0 Å². The summed E-state index contributed by atoms with van der Waals surface area (Å²) in [6, 6.07) is 5.66. The van der Waals surface area contributed by atoms with E-state index in [1.54, 1.807) is 28.9 Å². The second kappa shape index (κ2) is 7.11. The molecule has 0 radical (unpaired) electrons. The van der Waals surface area contributed by atoms with E-state index < -0.39 is 11.6 Å². The number of halogens is 2. The quantitative estimate of drug-likeness (QED) is 0.862. The number of hydrogen-bond donors (Lipinski definition) is 0. The van der Waals surface area contributed by atoms with Crippen LogP contribution in [-0.4, -0.2) is 33.7 Å². The molecule has 2 heterocycles. The van der Waals surface area contributed by atoms with Crippen molar-refractivity contribution in [2.75, 3.05) is 13.1 Å². The van der Waals surface area contributed by atoms with Gasteiger partial charge in [-0.3, -0.25) is 9.48 Å². The van der Waals surface area contributed by atoms with E-state index in [0.717, 1.165) is 12.8 Å². The van der Waals surface area contributed by atoms with Crippen molar-refractivity contribution in [1.82, 2.24) is 14.7 Å². The van der Waals surface area contributed by atoms with Gasteiger partial charge in [0.25, 0.3) is 5.91 Å². The summed E-state index contributed by atoms with van der Waals surface area (Å²) in [4.78, 5) is 14.3. The fourth-order valence-electron chi connectivity index (χ4n) is 3.30. The zero-order chi connectivity index (χ0) is 17.1. The van der Waals surface area contributed by atoms with Crippen molar-refractivity contribution in [3.63, 3.8) is 0 Å². The Morgan fingerprint density at radius 2 is 2.04 bits per heavy atom. The Morgan fingerprint density at radius 1 is 1.29 bits per heavy atom. The van der Waals surface area contributed by atoms with Crippen LogP contribution in [0.4, 0.5) is 8.78 Å². The molecule has 0 bridgehead atoms. The van der Waals surface area contributed by atoms with Crippen LogP contribution in [0.5, 0.6) is 0 Å². The van der Waals surface area contributed by atoms with Crippen molar-refractivity contribution in [2.45, 2.75) is 25.7 Å². The number of piperidine rings is 1. The van der Waals surface area contributed by atoms with Gasteiger partial charge in [-0.25, -0.2) is 8.78 Å². The predicted octanol–water partition coefficient (Wildman–Crippen LogP) is 3.18. The second-order valence-corrected chi connectivity index (χ2v) is 6.37. The van der Waals surface area contributed by atoms with E-state index in [-0.39, 0.29) is 17.4 Å². The molecule has 24 heavy (non-hydrogen) atoms. The highest BCUT2D eigenvalue weighted by Crippen LogP contribution is 2.24. The largest absolute Gasteiger partial charge is 0.337 e.